The van der Waals surface area contributed by atoms with Crippen LogP contribution >= 0.6 is 27.5 Å². The van der Waals surface area contributed by atoms with Crippen LogP contribution in [0.15, 0.2) is 40.9 Å². The lowest BCUT2D eigenvalue weighted by molar-refractivity contribution is -0.114. The van der Waals surface area contributed by atoms with Crippen LogP contribution < -0.4 is 20.1 Å². The Hall–Kier alpha value is -1.92. The Kier molecular flexibility index (Phi) is 4.93. The van der Waals surface area contributed by atoms with Crippen LogP contribution in [0.4, 0.5) is 11.4 Å². The van der Waals surface area contributed by atoms with Crippen LogP contribution in [0.5, 0.6) is 11.5 Å². The second-order valence-electron chi connectivity index (χ2n) is 4.86. The fraction of sp³-hybridized carbons (Fsp3) is 0.188. The van der Waals surface area contributed by atoms with Crippen molar-refractivity contribution in [1.29, 1.82) is 0 Å². The first-order valence-electron chi connectivity index (χ1n) is 7.01. The van der Waals surface area contributed by atoms with Crippen LogP contribution in [0.25, 0.3) is 0 Å². The predicted octanol–water partition coefficient (Wildman–Crippen LogP) is 3.92. The van der Waals surface area contributed by atoms with Crippen LogP contribution in [0.3, 0.4) is 0 Å². The Bertz CT molecular complexity index is 739. The number of hydrogen-bond donors (Lipinski definition) is 2. The third kappa shape index (κ3) is 3.89. The van der Waals surface area contributed by atoms with Gasteiger partial charge < -0.3 is 20.1 Å². The van der Waals surface area contributed by atoms with E-state index in [4.69, 9.17) is 21.1 Å². The molecule has 7 heteroatoms. The predicted molar refractivity (Wildman–Crippen MR) is 93.7 cm³/mol. The first kappa shape index (κ1) is 16.0. The van der Waals surface area contributed by atoms with Gasteiger partial charge in [0.15, 0.2) is 11.5 Å². The number of para-hydroxylation sites is 1. The third-order valence-corrected chi connectivity index (χ3v) is 4.20. The molecular weight excluding hydrogens is 384 g/mol. The van der Waals surface area contributed by atoms with Gasteiger partial charge in [-0.3, -0.25) is 4.79 Å². The summed E-state index contributed by atoms with van der Waals surface area (Å²) >= 11 is 9.46. The molecule has 0 spiro atoms. The van der Waals surface area contributed by atoms with Crippen LogP contribution in [-0.2, 0) is 4.79 Å². The first-order chi connectivity index (χ1) is 11.1. The largest absolute Gasteiger partial charge is 0.486 e. The minimum Gasteiger partial charge on any atom is -0.486 e. The Labute approximate surface area is 147 Å². The summed E-state index contributed by atoms with van der Waals surface area (Å²) < 4.78 is 11.7. The quantitative estimate of drug-likeness (QED) is 0.821. The van der Waals surface area contributed by atoms with E-state index in [0.29, 0.717) is 41.1 Å². The van der Waals surface area contributed by atoms with E-state index in [1.54, 1.807) is 18.2 Å². The summed E-state index contributed by atoms with van der Waals surface area (Å²) in [5.41, 5.74) is 1.34. The molecular formula is C16H14BrClN2O3. The molecule has 0 saturated heterocycles. The average molecular weight is 398 g/mol. The highest BCUT2D eigenvalue weighted by molar-refractivity contribution is 9.10. The lowest BCUT2D eigenvalue weighted by atomic mass is 10.2. The summed E-state index contributed by atoms with van der Waals surface area (Å²) in [5, 5.41) is 6.39. The summed E-state index contributed by atoms with van der Waals surface area (Å²) in [6, 6.07) is 10.8. The van der Waals surface area contributed by atoms with E-state index in [1.165, 1.54) is 0 Å². The van der Waals surface area contributed by atoms with Crippen molar-refractivity contribution < 1.29 is 14.3 Å². The van der Waals surface area contributed by atoms with Crippen molar-refractivity contribution in [1.82, 2.24) is 0 Å². The second kappa shape index (κ2) is 7.10. The Morgan fingerprint density at radius 2 is 1.83 bits per heavy atom. The second-order valence-corrected chi connectivity index (χ2v) is 6.12. The standard InChI is InChI=1S/C16H14BrClN2O3/c17-10-7-14-15(23-6-5-22-14)8-13(10)20-16(21)9-19-12-4-2-1-3-11(12)18/h1-4,7-8,19H,5-6,9H2,(H,20,21). The van der Waals surface area contributed by atoms with Gasteiger partial charge in [0, 0.05) is 16.6 Å². The van der Waals surface area contributed by atoms with Crippen molar-refractivity contribution in [3.63, 3.8) is 0 Å². The number of rotatable bonds is 4. The SMILES string of the molecule is O=C(CNc1ccccc1Cl)Nc1cc2c(cc1Br)OCCO2. The number of anilines is 2. The van der Waals surface area contributed by atoms with Crippen LogP contribution in [0.1, 0.15) is 0 Å². The van der Waals surface area contributed by atoms with E-state index in [0.717, 1.165) is 4.47 Å². The van der Waals surface area contributed by atoms with E-state index in [1.807, 2.05) is 18.2 Å². The fourth-order valence-electron chi connectivity index (χ4n) is 2.13. The summed E-state index contributed by atoms with van der Waals surface area (Å²) in [5.74, 6) is 1.09. The average Bonchev–Trinajstić information content (AvgIpc) is 2.55. The smallest absolute Gasteiger partial charge is 0.243 e. The molecule has 5 nitrogen and oxygen atoms in total. The van der Waals surface area contributed by atoms with Gasteiger partial charge in [-0.1, -0.05) is 23.7 Å². The Balaban J connectivity index is 1.65. The zero-order valence-electron chi connectivity index (χ0n) is 12.1. The maximum Gasteiger partial charge on any atom is 0.243 e. The number of carbonyl (C=O) groups is 1. The van der Waals surface area contributed by atoms with Gasteiger partial charge in [-0.05, 0) is 28.1 Å². The number of amides is 1. The normalized spacial score (nSPS) is 12.6. The number of ether oxygens (including phenoxy) is 2. The molecule has 0 aromatic heterocycles. The third-order valence-electron chi connectivity index (χ3n) is 3.22. The van der Waals surface area contributed by atoms with Gasteiger partial charge in [-0.2, -0.15) is 0 Å². The van der Waals surface area contributed by atoms with Gasteiger partial charge in [0.05, 0.1) is 22.9 Å². The molecule has 0 aliphatic carbocycles. The number of hydrogen-bond acceptors (Lipinski definition) is 4. The number of nitrogens with one attached hydrogen (secondary N) is 2. The molecule has 1 aliphatic rings. The van der Waals surface area contributed by atoms with Gasteiger partial charge in [0.1, 0.15) is 13.2 Å². The van der Waals surface area contributed by atoms with Crippen molar-refractivity contribution in [3.8, 4) is 11.5 Å². The monoisotopic (exact) mass is 396 g/mol. The lowest BCUT2D eigenvalue weighted by Gasteiger charge is -2.20. The molecule has 0 fully saturated rings. The zero-order chi connectivity index (χ0) is 16.2. The van der Waals surface area contributed by atoms with Crippen molar-refractivity contribution >= 4 is 44.8 Å². The van der Waals surface area contributed by atoms with Gasteiger partial charge in [-0.15, -0.1) is 0 Å². The fourth-order valence-corrected chi connectivity index (χ4v) is 2.76. The Morgan fingerprint density at radius 1 is 1.13 bits per heavy atom. The molecule has 2 N–H and O–H groups in total. The number of fused-ring (bicyclic) bond motifs is 1. The maximum absolute atomic E-state index is 12.1. The van der Waals surface area contributed by atoms with E-state index < -0.39 is 0 Å². The van der Waals surface area contributed by atoms with Gasteiger partial charge in [0.2, 0.25) is 5.91 Å². The molecule has 2 aromatic carbocycles. The number of carbonyl (C=O) groups excluding carboxylic acids is 1. The molecule has 0 radical (unpaired) electrons. The maximum atomic E-state index is 12.1. The van der Waals surface area contributed by atoms with Crippen molar-refractivity contribution in [2.45, 2.75) is 0 Å². The van der Waals surface area contributed by atoms with E-state index in [-0.39, 0.29) is 12.5 Å². The highest BCUT2D eigenvalue weighted by Crippen LogP contribution is 2.38. The molecule has 1 heterocycles. The summed E-state index contributed by atoms with van der Waals surface area (Å²) in [4.78, 5) is 12.1. The number of benzene rings is 2. The summed E-state index contributed by atoms with van der Waals surface area (Å²) in [6.07, 6.45) is 0. The van der Waals surface area contributed by atoms with E-state index in [9.17, 15) is 4.79 Å². The van der Waals surface area contributed by atoms with E-state index in [2.05, 4.69) is 26.6 Å². The molecule has 0 unspecified atom stereocenters. The molecule has 1 amide bonds. The lowest BCUT2D eigenvalue weighted by Crippen LogP contribution is -2.22. The molecule has 120 valence electrons. The molecule has 2 aromatic rings. The van der Waals surface area contributed by atoms with Crippen LogP contribution in [0.2, 0.25) is 5.02 Å². The summed E-state index contributed by atoms with van der Waals surface area (Å²) in [6.45, 7) is 1.12. The topological polar surface area (TPSA) is 59.6 Å². The van der Waals surface area contributed by atoms with Gasteiger partial charge in [-0.25, -0.2) is 0 Å². The molecule has 1 aliphatic heterocycles. The summed E-state index contributed by atoms with van der Waals surface area (Å²) in [7, 11) is 0. The molecule has 3 rings (SSSR count). The first-order valence-corrected chi connectivity index (χ1v) is 8.18. The van der Waals surface area contributed by atoms with E-state index >= 15 is 0 Å². The van der Waals surface area contributed by atoms with Crippen LogP contribution in [0, 0.1) is 0 Å². The van der Waals surface area contributed by atoms with Crippen molar-refractivity contribution in [3.05, 3.63) is 45.9 Å². The zero-order valence-corrected chi connectivity index (χ0v) is 14.4. The number of halogens is 2. The van der Waals surface area contributed by atoms with Crippen molar-refractivity contribution in [2.75, 3.05) is 30.4 Å². The minimum absolute atomic E-state index is 0.102. The van der Waals surface area contributed by atoms with Crippen molar-refractivity contribution in [2.24, 2.45) is 0 Å². The van der Waals surface area contributed by atoms with Crippen LogP contribution in [-0.4, -0.2) is 25.7 Å². The minimum atomic E-state index is -0.192. The highest BCUT2D eigenvalue weighted by Gasteiger charge is 2.16. The van der Waals surface area contributed by atoms with Gasteiger partial charge in [0.25, 0.3) is 0 Å². The molecule has 0 atom stereocenters. The molecule has 23 heavy (non-hydrogen) atoms. The molecule has 0 saturated carbocycles. The van der Waals surface area contributed by atoms with Gasteiger partial charge >= 0.3 is 0 Å². The molecule has 0 bridgehead atoms. The Morgan fingerprint density at radius 3 is 2.57 bits per heavy atom. The highest BCUT2D eigenvalue weighted by atomic mass is 79.9.